The molecule has 0 bridgehead atoms. The number of hydrogen-bond donors (Lipinski definition) is 8. The van der Waals surface area contributed by atoms with Crippen LogP contribution in [0.5, 0.6) is 0 Å². The van der Waals surface area contributed by atoms with E-state index in [0.717, 1.165) is 0 Å². The predicted octanol–water partition coefficient (Wildman–Crippen LogP) is -2.29. The van der Waals surface area contributed by atoms with Gasteiger partial charge in [0.05, 0.1) is 25.4 Å². The SMILES string of the molecule is Cc1c(NC(=O)CO)c(C)c(C(=O)NCC(O)CO)c(C)c1C(=O)NCC(O)CO. The van der Waals surface area contributed by atoms with Gasteiger partial charge < -0.3 is 41.5 Å². The van der Waals surface area contributed by atoms with Gasteiger partial charge in [-0.3, -0.25) is 14.4 Å². The van der Waals surface area contributed by atoms with Crippen LogP contribution in [0.3, 0.4) is 0 Å². The second-order valence-electron chi connectivity index (χ2n) is 6.80. The van der Waals surface area contributed by atoms with Gasteiger partial charge in [0, 0.05) is 29.9 Å². The van der Waals surface area contributed by atoms with E-state index in [1.165, 1.54) is 6.92 Å². The number of aliphatic hydroxyl groups excluding tert-OH is 5. The molecule has 168 valence electrons. The van der Waals surface area contributed by atoms with Gasteiger partial charge in [-0.15, -0.1) is 0 Å². The van der Waals surface area contributed by atoms with E-state index in [4.69, 9.17) is 15.3 Å². The van der Waals surface area contributed by atoms with Crippen molar-refractivity contribution >= 4 is 23.4 Å². The summed E-state index contributed by atoms with van der Waals surface area (Å²) >= 11 is 0. The summed E-state index contributed by atoms with van der Waals surface area (Å²) in [6, 6.07) is 0. The molecule has 0 aliphatic heterocycles. The number of aliphatic hydroxyl groups is 5. The number of rotatable bonds is 10. The summed E-state index contributed by atoms with van der Waals surface area (Å²) in [4.78, 5) is 37.2. The standard InChI is InChI=1S/C19H29N3O8/c1-9-15(18(29)20-4-12(26)6-23)10(2)17(22-14(28)8-25)11(3)16(9)19(30)21-5-13(27)7-24/h12-13,23-27H,4-8H2,1-3H3,(H,20,29)(H,21,30)(H,22,28). The number of carbonyl (C=O) groups excluding carboxylic acids is 3. The van der Waals surface area contributed by atoms with E-state index >= 15 is 0 Å². The second-order valence-corrected chi connectivity index (χ2v) is 6.80. The average Bonchev–Trinajstić information content (AvgIpc) is 2.72. The zero-order valence-corrected chi connectivity index (χ0v) is 17.2. The first kappa shape index (κ1) is 25.5. The van der Waals surface area contributed by atoms with Crippen LogP contribution < -0.4 is 16.0 Å². The van der Waals surface area contributed by atoms with E-state index in [-0.39, 0.29) is 29.9 Å². The van der Waals surface area contributed by atoms with Gasteiger partial charge >= 0.3 is 0 Å². The minimum atomic E-state index is -1.17. The highest BCUT2D eigenvalue weighted by molar-refractivity contribution is 6.07. The molecule has 8 N–H and O–H groups in total. The van der Waals surface area contributed by atoms with Gasteiger partial charge in [-0.1, -0.05) is 0 Å². The van der Waals surface area contributed by atoms with Crippen LogP contribution in [0.2, 0.25) is 0 Å². The minimum Gasteiger partial charge on any atom is -0.394 e. The minimum absolute atomic E-state index is 0.0758. The highest BCUT2D eigenvalue weighted by atomic mass is 16.3. The Morgan fingerprint density at radius 1 is 0.767 bits per heavy atom. The number of carbonyl (C=O) groups is 3. The van der Waals surface area contributed by atoms with Crippen molar-refractivity contribution in [3.8, 4) is 0 Å². The molecule has 1 rings (SSSR count). The Hall–Kier alpha value is -2.57. The van der Waals surface area contributed by atoms with Gasteiger partial charge in [0.2, 0.25) is 5.91 Å². The molecule has 0 aromatic heterocycles. The second kappa shape index (κ2) is 11.6. The maximum absolute atomic E-state index is 12.7. The third-order valence-corrected chi connectivity index (χ3v) is 4.53. The summed E-state index contributed by atoms with van der Waals surface area (Å²) in [6.07, 6.45) is -2.34. The number of anilines is 1. The van der Waals surface area contributed by atoms with E-state index in [1.54, 1.807) is 13.8 Å². The largest absolute Gasteiger partial charge is 0.394 e. The molecule has 30 heavy (non-hydrogen) atoms. The lowest BCUT2D eigenvalue weighted by atomic mass is 9.90. The molecular formula is C19H29N3O8. The number of benzene rings is 1. The van der Waals surface area contributed by atoms with Gasteiger partial charge in [-0.05, 0) is 37.5 Å². The van der Waals surface area contributed by atoms with Crippen molar-refractivity contribution in [3.05, 3.63) is 27.8 Å². The summed E-state index contributed by atoms with van der Waals surface area (Å²) in [7, 11) is 0. The lowest BCUT2D eigenvalue weighted by molar-refractivity contribution is -0.118. The first-order chi connectivity index (χ1) is 14.1. The maximum atomic E-state index is 12.7. The van der Waals surface area contributed by atoms with E-state index in [0.29, 0.717) is 16.7 Å². The topological polar surface area (TPSA) is 188 Å². The van der Waals surface area contributed by atoms with Crippen molar-refractivity contribution in [2.75, 3.05) is 38.2 Å². The molecule has 11 nitrogen and oxygen atoms in total. The van der Waals surface area contributed by atoms with Crippen molar-refractivity contribution < 1.29 is 39.9 Å². The van der Waals surface area contributed by atoms with Crippen molar-refractivity contribution in [2.45, 2.75) is 33.0 Å². The Balaban J connectivity index is 3.48. The molecular weight excluding hydrogens is 398 g/mol. The van der Waals surface area contributed by atoms with Crippen LogP contribution in [-0.4, -0.2) is 88.4 Å². The molecule has 3 amide bonds. The first-order valence-corrected chi connectivity index (χ1v) is 9.27. The first-order valence-electron chi connectivity index (χ1n) is 9.27. The molecule has 0 saturated heterocycles. The van der Waals surface area contributed by atoms with Crippen LogP contribution in [0, 0.1) is 20.8 Å². The summed E-state index contributed by atoms with van der Waals surface area (Å²) in [5, 5.41) is 53.2. The fraction of sp³-hybridized carbons (Fsp3) is 0.526. The Morgan fingerprint density at radius 3 is 1.50 bits per heavy atom. The molecule has 0 heterocycles. The van der Waals surface area contributed by atoms with E-state index in [2.05, 4.69) is 16.0 Å². The molecule has 11 heteroatoms. The van der Waals surface area contributed by atoms with Crippen LogP contribution in [-0.2, 0) is 4.79 Å². The molecule has 0 aliphatic carbocycles. The third-order valence-electron chi connectivity index (χ3n) is 4.53. The Labute approximate surface area is 173 Å². The van der Waals surface area contributed by atoms with Crippen LogP contribution in [0.25, 0.3) is 0 Å². The van der Waals surface area contributed by atoms with Crippen molar-refractivity contribution in [2.24, 2.45) is 0 Å². The number of hydrogen-bond acceptors (Lipinski definition) is 8. The predicted molar refractivity (Wildman–Crippen MR) is 107 cm³/mol. The van der Waals surface area contributed by atoms with Crippen LogP contribution in [0.4, 0.5) is 5.69 Å². The molecule has 0 saturated carbocycles. The Morgan fingerprint density at radius 2 is 1.17 bits per heavy atom. The fourth-order valence-electron chi connectivity index (χ4n) is 2.99. The average molecular weight is 427 g/mol. The fourth-order valence-corrected chi connectivity index (χ4v) is 2.99. The molecule has 2 unspecified atom stereocenters. The van der Waals surface area contributed by atoms with E-state index in [9.17, 15) is 24.6 Å². The monoisotopic (exact) mass is 427 g/mol. The van der Waals surface area contributed by atoms with Gasteiger partial charge in [0.1, 0.15) is 6.61 Å². The Bertz CT molecular complexity index is 743. The summed E-state index contributed by atoms with van der Waals surface area (Å²) < 4.78 is 0. The number of nitrogens with one attached hydrogen (secondary N) is 3. The van der Waals surface area contributed by atoms with E-state index in [1.807, 2.05) is 0 Å². The molecule has 1 aromatic carbocycles. The Kier molecular flexibility index (Phi) is 9.82. The van der Waals surface area contributed by atoms with Gasteiger partial charge in [0.25, 0.3) is 11.8 Å². The van der Waals surface area contributed by atoms with Crippen molar-refractivity contribution in [1.29, 1.82) is 0 Å². The molecule has 0 spiro atoms. The van der Waals surface area contributed by atoms with Crippen LogP contribution >= 0.6 is 0 Å². The van der Waals surface area contributed by atoms with Gasteiger partial charge in [-0.2, -0.15) is 0 Å². The van der Waals surface area contributed by atoms with Crippen molar-refractivity contribution in [1.82, 2.24) is 10.6 Å². The van der Waals surface area contributed by atoms with Crippen molar-refractivity contribution in [3.63, 3.8) is 0 Å². The normalized spacial score (nSPS) is 12.8. The summed E-state index contributed by atoms with van der Waals surface area (Å²) in [6.45, 7) is 2.28. The number of amides is 3. The molecule has 2 atom stereocenters. The smallest absolute Gasteiger partial charge is 0.252 e. The zero-order valence-electron chi connectivity index (χ0n) is 17.2. The lowest BCUT2D eigenvalue weighted by Gasteiger charge is -2.22. The van der Waals surface area contributed by atoms with Crippen LogP contribution in [0.15, 0.2) is 0 Å². The van der Waals surface area contributed by atoms with E-state index < -0.39 is 49.8 Å². The lowest BCUT2D eigenvalue weighted by Crippen LogP contribution is -2.37. The third kappa shape index (κ3) is 6.21. The maximum Gasteiger partial charge on any atom is 0.252 e. The van der Waals surface area contributed by atoms with Gasteiger partial charge in [0.15, 0.2) is 0 Å². The molecule has 0 aliphatic rings. The quantitative estimate of drug-likeness (QED) is 0.205. The molecule has 0 fully saturated rings. The van der Waals surface area contributed by atoms with Gasteiger partial charge in [-0.25, -0.2) is 0 Å². The zero-order chi connectivity index (χ0) is 23.0. The molecule has 1 aromatic rings. The highest BCUT2D eigenvalue weighted by Gasteiger charge is 2.26. The molecule has 0 radical (unpaired) electrons. The van der Waals surface area contributed by atoms with Crippen LogP contribution in [0.1, 0.15) is 37.4 Å². The summed E-state index contributed by atoms with van der Waals surface area (Å²) in [5.74, 6) is -2.02. The highest BCUT2D eigenvalue weighted by Crippen LogP contribution is 2.31. The summed E-state index contributed by atoms with van der Waals surface area (Å²) in [5.41, 5.74) is 1.29.